The molecule has 0 saturated heterocycles. The first kappa shape index (κ1) is 11.8. The summed E-state index contributed by atoms with van der Waals surface area (Å²) in [6.45, 7) is 2.31. The lowest BCUT2D eigenvalue weighted by atomic mass is 10.2. The molecule has 0 bridgehead atoms. The molecule has 1 rings (SSSR count). The van der Waals surface area contributed by atoms with Crippen LogP contribution in [0.3, 0.4) is 0 Å². The van der Waals surface area contributed by atoms with E-state index in [0.29, 0.717) is 6.61 Å². The number of nitrogens with one attached hydrogen (secondary N) is 1. The first-order valence-corrected chi connectivity index (χ1v) is 5.29. The topological polar surface area (TPSA) is 78.5 Å². The normalized spacial score (nSPS) is 16.9. The highest BCUT2D eigenvalue weighted by Gasteiger charge is 2.33. The van der Waals surface area contributed by atoms with Gasteiger partial charge in [0.25, 0.3) is 0 Å². The molecule has 1 atom stereocenters. The van der Waals surface area contributed by atoms with Crippen LogP contribution in [0.1, 0.15) is 32.6 Å². The van der Waals surface area contributed by atoms with Crippen LogP contribution >= 0.6 is 0 Å². The Bertz CT molecular complexity index is 238. The number of rotatable bonds is 6. The molecule has 0 aromatic heterocycles. The number of carboxylic acid groups (broad SMARTS) is 1. The number of amides is 1. The Balaban J connectivity index is 2.24. The molecule has 0 spiro atoms. The van der Waals surface area contributed by atoms with Gasteiger partial charge >= 0.3 is 6.09 Å². The van der Waals surface area contributed by atoms with Crippen LogP contribution in [-0.4, -0.2) is 24.7 Å². The Morgan fingerprint density at radius 3 is 2.67 bits per heavy atom. The van der Waals surface area contributed by atoms with Gasteiger partial charge in [0.15, 0.2) is 0 Å². The van der Waals surface area contributed by atoms with Crippen molar-refractivity contribution in [3.63, 3.8) is 0 Å². The van der Waals surface area contributed by atoms with Crippen molar-refractivity contribution in [2.24, 2.45) is 5.92 Å². The number of alkyl carbamates (subject to hydrolysis) is 1. The summed E-state index contributed by atoms with van der Waals surface area (Å²) in [5.74, 6) is -1.21. The zero-order valence-corrected chi connectivity index (χ0v) is 8.82. The molecule has 15 heavy (non-hydrogen) atoms. The lowest BCUT2D eigenvalue weighted by molar-refractivity contribution is -0.308. The van der Waals surface area contributed by atoms with Gasteiger partial charge in [-0.15, -0.1) is 0 Å². The van der Waals surface area contributed by atoms with E-state index in [0.717, 1.165) is 25.7 Å². The minimum absolute atomic E-state index is 0.0220. The summed E-state index contributed by atoms with van der Waals surface area (Å²) >= 11 is 0. The highest BCUT2D eigenvalue weighted by atomic mass is 16.5. The summed E-state index contributed by atoms with van der Waals surface area (Å²) in [6.07, 6.45) is 2.71. The van der Waals surface area contributed by atoms with Crippen molar-refractivity contribution in [2.45, 2.75) is 38.6 Å². The van der Waals surface area contributed by atoms with Crippen molar-refractivity contribution in [1.82, 2.24) is 5.32 Å². The third kappa shape index (κ3) is 4.18. The van der Waals surface area contributed by atoms with Gasteiger partial charge in [-0.2, -0.15) is 0 Å². The van der Waals surface area contributed by atoms with Crippen molar-refractivity contribution >= 4 is 12.1 Å². The first-order chi connectivity index (χ1) is 7.15. The van der Waals surface area contributed by atoms with Crippen molar-refractivity contribution in [3.8, 4) is 0 Å². The molecule has 1 saturated carbocycles. The van der Waals surface area contributed by atoms with E-state index in [1.165, 1.54) is 0 Å². The molecule has 1 aliphatic rings. The standard InChI is InChI=1S/C10H17NO4/c1-2-3-6-15-10(14)11-8(9(12)13)7-4-5-7/h7-8H,2-6H2,1H3,(H,11,14)(H,12,13)/p-1/t8-/m1/s1. The minimum atomic E-state index is -1.23. The largest absolute Gasteiger partial charge is 0.548 e. The number of ether oxygens (including phenoxy) is 1. The third-order valence-electron chi connectivity index (χ3n) is 2.35. The average Bonchev–Trinajstić information content (AvgIpc) is 2.97. The molecule has 1 amide bonds. The van der Waals surface area contributed by atoms with E-state index in [-0.39, 0.29) is 5.92 Å². The molecule has 0 aromatic rings. The number of aliphatic carboxylic acids is 1. The Morgan fingerprint density at radius 1 is 1.53 bits per heavy atom. The number of hydrogen-bond donors (Lipinski definition) is 1. The predicted octanol–water partition coefficient (Wildman–Crippen LogP) is 0.0412. The fourth-order valence-corrected chi connectivity index (χ4v) is 1.28. The maximum atomic E-state index is 11.1. The lowest BCUT2D eigenvalue weighted by Crippen LogP contribution is -2.49. The molecule has 0 radical (unpaired) electrons. The monoisotopic (exact) mass is 214 g/mol. The highest BCUT2D eigenvalue weighted by molar-refractivity contribution is 5.79. The van der Waals surface area contributed by atoms with Crippen LogP contribution in [0.2, 0.25) is 0 Å². The summed E-state index contributed by atoms with van der Waals surface area (Å²) in [5, 5.41) is 13.0. The van der Waals surface area contributed by atoms with Crippen LogP contribution in [0, 0.1) is 5.92 Å². The van der Waals surface area contributed by atoms with Gasteiger partial charge in [-0.1, -0.05) is 13.3 Å². The van der Waals surface area contributed by atoms with E-state index in [1.54, 1.807) is 0 Å². The van der Waals surface area contributed by atoms with E-state index in [1.807, 2.05) is 6.92 Å². The Hall–Kier alpha value is -1.26. The van der Waals surface area contributed by atoms with Crippen LogP contribution < -0.4 is 10.4 Å². The SMILES string of the molecule is CCCCOC(=O)N[C@@H](C(=O)[O-])C1CC1. The van der Waals surface area contributed by atoms with Crippen molar-refractivity contribution in [1.29, 1.82) is 0 Å². The van der Waals surface area contributed by atoms with Crippen LogP contribution in [0.15, 0.2) is 0 Å². The van der Waals surface area contributed by atoms with Crippen LogP contribution in [-0.2, 0) is 9.53 Å². The molecule has 1 aliphatic carbocycles. The van der Waals surface area contributed by atoms with Gasteiger partial charge in [0, 0.05) is 0 Å². The summed E-state index contributed by atoms with van der Waals surface area (Å²) in [5.41, 5.74) is 0. The van der Waals surface area contributed by atoms with Gasteiger partial charge in [0.1, 0.15) is 0 Å². The van der Waals surface area contributed by atoms with Crippen molar-refractivity contribution in [2.75, 3.05) is 6.61 Å². The molecule has 5 heteroatoms. The molecule has 0 heterocycles. The highest BCUT2D eigenvalue weighted by Crippen LogP contribution is 2.32. The molecule has 0 aliphatic heterocycles. The molecule has 1 N–H and O–H groups in total. The second-order valence-electron chi connectivity index (χ2n) is 3.77. The van der Waals surface area contributed by atoms with Crippen LogP contribution in [0.25, 0.3) is 0 Å². The molecule has 86 valence electrons. The van der Waals surface area contributed by atoms with Gasteiger partial charge < -0.3 is 20.0 Å². The second-order valence-corrected chi connectivity index (χ2v) is 3.77. The zero-order chi connectivity index (χ0) is 11.3. The molecule has 1 fully saturated rings. The van der Waals surface area contributed by atoms with E-state index in [2.05, 4.69) is 5.32 Å². The molecule has 0 aromatic carbocycles. The number of hydrogen-bond acceptors (Lipinski definition) is 4. The quantitative estimate of drug-likeness (QED) is 0.633. The number of unbranched alkanes of at least 4 members (excludes halogenated alkanes) is 1. The smallest absolute Gasteiger partial charge is 0.407 e. The van der Waals surface area contributed by atoms with E-state index in [4.69, 9.17) is 4.74 Å². The number of carbonyl (C=O) groups excluding carboxylic acids is 2. The van der Waals surface area contributed by atoms with Crippen LogP contribution in [0.4, 0.5) is 4.79 Å². The summed E-state index contributed by atoms with van der Waals surface area (Å²) < 4.78 is 4.80. The van der Waals surface area contributed by atoms with Crippen LogP contribution in [0.5, 0.6) is 0 Å². The van der Waals surface area contributed by atoms with Gasteiger partial charge in [-0.05, 0) is 25.2 Å². The molecular weight excluding hydrogens is 198 g/mol. The van der Waals surface area contributed by atoms with Gasteiger partial charge in [0.05, 0.1) is 18.6 Å². The Morgan fingerprint density at radius 2 is 2.20 bits per heavy atom. The first-order valence-electron chi connectivity index (χ1n) is 5.29. The summed E-state index contributed by atoms with van der Waals surface area (Å²) in [6, 6.07) is -0.890. The van der Waals surface area contributed by atoms with Gasteiger partial charge in [0.2, 0.25) is 0 Å². The third-order valence-corrected chi connectivity index (χ3v) is 2.35. The van der Waals surface area contributed by atoms with E-state index in [9.17, 15) is 14.7 Å². The van der Waals surface area contributed by atoms with Crippen molar-refractivity contribution in [3.05, 3.63) is 0 Å². The molecule has 0 unspecified atom stereocenters. The average molecular weight is 214 g/mol. The zero-order valence-electron chi connectivity index (χ0n) is 8.82. The number of carboxylic acids is 1. The Labute approximate surface area is 88.8 Å². The maximum Gasteiger partial charge on any atom is 0.407 e. The fourth-order valence-electron chi connectivity index (χ4n) is 1.28. The summed E-state index contributed by atoms with van der Waals surface area (Å²) in [7, 11) is 0. The van der Waals surface area contributed by atoms with Crippen molar-refractivity contribution < 1.29 is 19.4 Å². The minimum Gasteiger partial charge on any atom is -0.548 e. The van der Waals surface area contributed by atoms with Gasteiger partial charge in [-0.3, -0.25) is 0 Å². The van der Waals surface area contributed by atoms with E-state index < -0.39 is 18.1 Å². The fraction of sp³-hybridized carbons (Fsp3) is 0.800. The summed E-state index contributed by atoms with van der Waals surface area (Å²) in [4.78, 5) is 21.8. The molecule has 5 nitrogen and oxygen atoms in total. The Kier molecular flexibility index (Phi) is 4.39. The number of carbonyl (C=O) groups is 2. The maximum absolute atomic E-state index is 11.1. The molecular formula is C10H16NO4-. The predicted molar refractivity (Wildman–Crippen MR) is 50.9 cm³/mol. The van der Waals surface area contributed by atoms with Gasteiger partial charge in [-0.25, -0.2) is 4.79 Å². The lowest BCUT2D eigenvalue weighted by Gasteiger charge is -2.18. The van der Waals surface area contributed by atoms with E-state index >= 15 is 0 Å². The second kappa shape index (κ2) is 5.58.